The predicted octanol–water partition coefficient (Wildman–Crippen LogP) is 3.18. The zero-order valence-electron chi connectivity index (χ0n) is 13.4. The Kier molecular flexibility index (Phi) is 5.46. The van der Waals surface area contributed by atoms with Gasteiger partial charge in [0.2, 0.25) is 5.88 Å². The molecule has 0 unspecified atom stereocenters. The molecule has 24 heavy (non-hydrogen) atoms. The Balaban J connectivity index is 2.20. The number of rotatable bonds is 5. The molecule has 0 aliphatic carbocycles. The minimum Gasteiger partial charge on any atom is -0.474 e. The average molecular weight is 369 g/mol. The van der Waals surface area contributed by atoms with E-state index in [2.05, 4.69) is 10.3 Å². The molecule has 0 aliphatic heterocycles. The first-order chi connectivity index (χ1) is 11.2. The maximum Gasteiger partial charge on any atom is 0.257 e. The molecule has 0 atom stereocenters. The van der Waals surface area contributed by atoms with Crippen LogP contribution >= 0.6 is 11.6 Å². The fourth-order valence-corrected chi connectivity index (χ4v) is 2.74. The van der Waals surface area contributed by atoms with E-state index < -0.39 is 15.7 Å². The van der Waals surface area contributed by atoms with Crippen molar-refractivity contribution in [1.82, 2.24) is 4.98 Å². The number of aromatic nitrogens is 1. The lowest BCUT2D eigenvalue weighted by atomic mass is 10.2. The molecule has 0 spiro atoms. The number of nitrogens with one attached hydrogen (secondary N) is 1. The van der Waals surface area contributed by atoms with Crippen molar-refractivity contribution >= 4 is 33.0 Å². The lowest BCUT2D eigenvalue weighted by Gasteiger charge is -2.11. The zero-order valence-corrected chi connectivity index (χ0v) is 15.0. The second-order valence-electron chi connectivity index (χ2n) is 5.43. The molecule has 0 radical (unpaired) electrons. The third-order valence-corrected chi connectivity index (χ3v) is 4.32. The van der Waals surface area contributed by atoms with Crippen LogP contribution in [0.3, 0.4) is 0 Å². The van der Waals surface area contributed by atoms with Gasteiger partial charge in [0.15, 0.2) is 9.84 Å². The Morgan fingerprint density at radius 3 is 2.58 bits per heavy atom. The monoisotopic (exact) mass is 368 g/mol. The number of anilines is 1. The molecule has 0 saturated heterocycles. The second-order valence-corrected chi connectivity index (χ2v) is 7.85. The van der Waals surface area contributed by atoms with Gasteiger partial charge >= 0.3 is 0 Å². The number of hydrogen-bond acceptors (Lipinski definition) is 5. The van der Waals surface area contributed by atoms with E-state index in [0.717, 1.165) is 6.26 Å². The van der Waals surface area contributed by atoms with Crippen LogP contribution in [0.1, 0.15) is 24.2 Å². The van der Waals surface area contributed by atoms with E-state index in [1.807, 2.05) is 13.8 Å². The first-order valence-electron chi connectivity index (χ1n) is 7.10. The summed E-state index contributed by atoms with van der Waals surface area (Å²) >= 11 is 6.06. The Labute approximate surface area is 145 Å². The SMILES string of the molecule is CC(C)Oc1ncc(C(=O)Nc2cccc(S(C)(=O)=O)c2)cc1Cl. The fourth-order valence-electron chi connectivity index (χ4n) is 1.87. The van der Waals surface area contributed by atoms with Crippen molar-refractivity contribution in [3.63, 3.8) is 0 Å². The first kappa shape index (κ1) is 18.2. The molecular weight excluding hydrogens is 352 g/mol. The molecule has 0 fully saturated rings. The molecule has 0 aliphatic rings. The highest BCUT2D eigenvalue weighted by Gasteiger charge is 2.13. The molecule has 8 heteroatoms. The molecule has 1 amide bonds. The third kappa shape index (κ3) is 4.69. The van der Waals surface area contributed by atoms with Crippen LogP contribution < -0.4 is 10.1 Å². The second kappa shape index (κ2) is 7.19. The highest BCUT2D eigenvalue weighted by atomic mass is 35.5. The maximum absolute atomic E-state index is 12.3. The smallest absolute Gasteiger partial charge is 0.257 e. The summed E-state index contributed by atoms with van der Waals surface area (Å²) in [5.41, 5.74) is 0.599. The van der Waals surface area contributed by atoms with Crippen LogP contribution in [0.5, 0.6) is 5.88 Å². The molecule has 2 rings (SSSR count). The number of benzene rings is 1. The quantitative estimate of drug-likeness (QED) is 0.876. The van der Waals surface area contributed by atoms with Crippen molar-refractivity contribution < 1.29 is 17.9 Å². The van der Waals surface area contributed by atoms with Gasteiger partial charge < -0.3 is 10.1 Å². The van der Waals surface area contributed by atoms with Gasteiger partial charge in [0, 0.05) is 18.1 Å². The number of pyridine rings is 1. The fraction of sp³-hybridized carbons (Fsp3) is 0.250. The standard InChI is InChI=1S/C16H17ClN2O4S/c1-10(2)23-16-14(17)7-11(9-18-16)15(20)19-12-5-4-6-13(8-12)24(3,21)22/h4-10H,1-3H3,(H,19,20). The summed E-state index contributed by atoms with van der Waals surface area (Å²) in [7, 11) is -3.35. The molecule has 0 saturated carbocycles. The van der Waals surface area contributed by atoms with E-state index in [1.54, 1.807) is 12.1 Å². The van der Waals surface area contributed by atoms with Crippen molar-refractivity contribution in [2.75, 3.05) is 11.6 Å². The topological polar surface area (TPSA) is 85.4 Å². The van der Waals surface area contributed by atoms with E-state index in [1.165, 1.54) is 24.4 Å². The molecule has 1 aromatic heterocycles. The van der Waals surface area contributed by atoms with Gasteiger partial charge in [-0.2, -0.15) is 0 Å². The summed E-state index contributed by atoms with van der Waals surface area (Å²) in [6, 6.07) is 7.44. The zero-order chi connectivity index (χ0) is 17.9. The van der Waals surface area contributed by atoms with Gasteiger partial charge in [-0.1, -0.05) is 17.7 Å². The number of sulfone groups is 1. The Bertz CT molecular complexity index is 866. The summed E-state index contributed by atoms with van der Waals surface area (Å²) in [5.74, 6) is -0.201. The summed E-state index contributed by atoms with van der Waals surface area (Å²) in [5, 5.41) is 2.84. The first-order valence-corrected chi connectivity index (χ1v) is 9.37. The lowest BCUT2D eigenvalue weighted by molar-refractivity contribution is 0.102. The molecule has 1 heterocycles. The normalized spacial score (nSPS) is 11.4. The number of amides is 1. The van der Waals surface area contributed by atoms with Gasteiger partial charge in [0.1, 0.15) is 5.02 Å². The van der Waals surface area contributed by atoms with E-state index in [9.17, 15) is 13.2 Å². The highest BCUT2D eigenvalue weighted by Crippen LogP contribution is 2.24. The van der Waals surface area contributed by atoms with Crippen molar-refractivity contribution in [1.29, 1.82) is 0 Å². The summed E-state index contributed by atoms with van der Waals surface area (Å²) < 4.78 is 28.5. The molecule has 128 valence electrons. The van der Waals surface area contributed by atoms with E-state index in [4.69, 9.17) is 16.3 Å². The third-order valence-electron chi connectivity index (χ3n) is 2.94. The van der Waals surface area contributed by atoms with E-state index in [0.29, 0.717) is 5.69 Å². The van der Waals surface area contributed by atoms with Crippen LogP contribution in [0, 0.1) is 0 Å². The summed E-state index contributed by atoms with van der Waals surface area (Å²) in [6.45, 7) is 3.68. The maximum atomic E-state index is 12.3. The van der Waals surface area contributed by atoms with Crippen molar-refractivity contribution in [2.24, 2.45) is 0 Å². The van der Waals surface area contributed by atoms with Crippen molar-refractivity contribution in [2.45, 2.75) is 24.8 Å². The Hall–Kier alpha value is -2.12. The number of halogens is 1. The lowest BCUT2D eigenvalue weighted by Crippen LogP contribution is -2.14. The van der Waals surface area contributed by atoms with Gasteiger partial charge in [0.25, 0.3) is 5.91 Å². The molecule has 2 aromatic rings. The molecular formula is C16H17ClN2O4S. The number of carbonyl (C=O) groups excluding carboxylic acids is 1. The van der Waals surface area contributed by atoms with Crippen LogP contribution in [-0.4, -0.2) is 31.7 Å². The number of ether oxygens (including phenoxy) is 1. The molecule has 1 N–H and O–H groups in total. The molecule has 0 bridgehead atoms. The minimum atomic E-state index is -3.35. The number of nitrogens with zero attached hydrogens (tertiary/aromatic N) is 1. The van der Waals surface area contributed by atoms with Crippen LogP contribution in [0.2, 0.25) is 5.02 Å². The largest absolute Gasteiger partial charge is 0.474 e. The van der Waals surface area contributed by atoms with Crippen molar-refractivity contribution in [3.05, 3.63) is 47.1 Å². The van der Waals surface area contributed by atoms with Crippen LogP contribution in [0.15, 0.2) is 41.4 Å². The van der Waals surface area contributed by atoms with Gasteiger partial charge in [-0.05, 0) is 38.1 Å². The molecule has 1 aromatic carbocycles. The Morgan fingerprint density at radius 1 is 1.29 bits per heavy atom. The van der Waals surface area contributed by atoms with Crippen molar-refractivity contribution in [3.8, 4) is 5.88 Å². The van der Waals surface area contributed by atoms with Gasteiger partial charge in [-0.15, -0.1) is 0 Å². The van der Waals surface area contributed by atoms with Crippen LogP contribution in [0.25, 0.3) is 0 Å². The van der Waals surface area contributed by atoms with Gasteiger partial charge in [0.05, 0.1) is 16.6 Å². The van der Waals surface area contributed by atoms with Gasteiger partial charge in [-0.3, -0.25) is 4.79 Å². The van der Waals surface area contributed by atoms with E-state index >= 15 is 0 Å². The number of hydrogen-bond donors (Lipinski definition) is 1. The summed E-state index contributed by atoms with van der Waals surface area (Å²) in [6.07, 6.45) is 2.36. The number of carbonyl (C=O) groups is 1. The highest BCUT2D eigenvalue weighted by molar-refractivity contribution is 7.90. The van der Waals surface area contributed by atoms with Crippen LogP contribution in [-0.2, 0) is 9.84 Å². The summed E-state index contributed by atoms with van der Waals surface area (Å²) in [4.78, 5) is 16.4. The average Bonchev–Trinajstić information content (AvgIpc) is 2.48. The van der Waals surface area contributed by atoms with Crippen LogP contribution in [0.4, 0.5) is 5.69 Å². The predicted molar refractivity (Wildman–Crippen MR) is 92.5 cm³/mol. The Morgan fingerprint density at radius 2 is 2.00 bits per heavy atom. The van der Waals surface area contributed by atoms with Gasteiger partial charge in [-0.25, -0.2) is 13.4 Å². The minimum absolute atomic E-state index is 0.0894. The molecule has 6 nitrogen and oxygen atoms in total. The van der Waals surface area contributed by atoms with E-state index in [-0.39, 0.29) is 27.5 Å².